The van der Waals surface area contributed by atoms with E-state index in [0.29, 0.717) is 49.8 Å². The number of carboxylic acid groups (broad SMARTS) is 1. The predicted octanol–water partition coefficient (Wildman–Crippen LogP) is 4.57. The molecule has 0 atom stereocenters. The highest BCUT2D eigenvalue weighted by atomic mass is 19.1. The summed E-state index contributed by atoms with van der Waals surface area (Å²) in [5, 5.41) is 9.26. The number of rotatable bonds is 6. The van der Waals surface area contributed by atoms with Crippen LogP contribution in [-0.2, 0) is 18.3 Å². The second-order valence-electron chi connectivity index (χ2n) is 9.71. The van der Waals surface area contributed by atoms with E-state index >= 15 is 0 Å². The number of hydrogen-bond acceptors (Lipinski definition) is 6. The van der Waals surface area contributed by atoms with Crippen LogP contribution in [-0.4, -0.2) is 75.7 Å². The van der Waals surface area contributed by atoms with E-state index in [9.17, 15) is 19.1 Å². The summed E-state index contributed by atoms with van der Waals surface area (Å²) < 4.78 is 25.5. The van der Waals surface area contributed by atoms with Gasteiger partial charge >= 0.3 is 5.97 Å². The normalized spacial score (nSPS) is 15.2. The van der Waals surface area contributed by atoms with Crippen LogP contribution in [0.5, 0.6) is 11.5 Å². The van der Waals surface area contributed by atoms with Crippen molar-refractivity contribution in [2.75, 3.05) is 39.4 Å². The minimum Gasteiger partial charge on any atom is -0.478 e. The molecule has 4 aromatic rings. The third kappa shape index (κ3) is 6.47. The fourth-order valence-corrected chi connectivity index (χ4v) is 4.48. The Morgan fingerprint density at radius 2 is 1.65 bits per heavy atom. The van der Waals surface area contributed by atoms with Crippen LogP contribution in [0.1, 0.15) is 33.0 Å². The number of nitrogens with zero attached hydrogens (tertiary/aromatic N) is 4. The molecule has 2 saturated heterocycles. The van der Waals surface area contributed by atoms with Crippen LogP contribution in [0.15, 0.2) is 66.7 Å². The fourth-order valence-electron chi connectivity index (χ4n) is 4.48. The number of hydrogen-bond donors (Lipinski definition) is 1. The van der Waals surface area contributed by atoms with Crippen molar-refractivity contribution >= 4 is 22.9 Å². The van der Waals surface area contributed by atoms with Gasteiger partial charge in [-0.15, -0.1) is 0 Å². The van der Waals surface area contributed by atoms with Crippen LogP contribution in [0, 0.1) is 5.82 Å². The molecule has 10 heteroatoms. The molecule has 0 bridgehead atoms. The summed E-state index contributed by atoms with van der Waals surface area (Å²) >= 11 is 0. The number of imidazole rings is 1. The van der Waals surface area contributed by atoms with Gasteiger partial charge in [-0.05, 0) is 67.1 Å². The van der Waals surface area contributed by atoms with Gasteiger partial charge in [0.15, 0.2) is 0 Å². The van der Waals surface area contributed by atoms with Gasteiger partial charge in [-0.2, -0.15) is 0 Å². The zero-order valence-electron chi connectivity index (χ0n) is 22.3. The Hall–Kier alpha value is -4.28. The van der Waals surface area contributed by atoms with E-state index in [2.05, 4.69) is 9.88 Å². The van der Waals surface area contributed by atoms with Crippen molar-refractivity contribution in [1.29, 1.82) is 0 Å². The van der Waals surface area contributed by atoms with Gasteiger partial charge in [-0.3, -0.25) is 9.69 Å². The zero-order chi connectivity index (χ0) is 28.1. The first-order chi connectivity index (χ1) is 19.4. The molecule has 6 rings (SSSR count). The lowest BCUT2D eigenvalue weighted by Gasteiger charge is -2.34. The molecular formula is C30H31FN4O5. The molecule has 0 unspecified atom stereocenters. The Morgan fingerprint density at radius 3 is 2.30 bits per heavy atom. The van der Waals surface area contributed by atoms with Crippen molar-refractivity contribution in [3.63, 3.8) is 0 Å². The molecule has 0 aliphatic carbocycles. The molecule has 40 heavy (non-hydrogen) atoms. The first-order valence-corrected chi connectivity index (χ1v) is 13.2. The maximum Gasteiger partial charge on any atom is 0.335 e. The fraction of sp³-hybridized carbons (Fsp3) is 0.300. The van der Waals surface area contributed by atoms with Crippen molar-refractivity contribution in [3.05, 3.63) is 89.5 Å². The van der Waals surface area contributed by atoms with Gasteiger partial charge in [0.1, 0.15) is 23.1 Å². The largest absolute Gasteiger partial charge is 0.478 e. The minimum absolute atomic E-state index is 0.0665. The molecule has 2 fully saturated rings. The molecule has 9 nitrogen and oxygen atoms in total. The van der Waals surface area contributed by atoms with Crippen LogP contribution in [0.25, 0.3) is 11.0 Å². The molecule has 0 spiro atoms. The highest BCUT2D eigenvalue weighted by Gasteiger charge is 2.24. The van der Waals surface area contributed by atoms with Gasteiger partial charge in [0.25, 0.3) is 5.91 Å². The summed E-state index contributed by atoms with van der Waals surface area (Å²) in [5.74, 6) is 0.484. The predicted molar refractivity (Wildman–Crippen MR) is 147 cm³/mol. The minimum atomic E-state index is -0.965. The third-order valence-corrected chi connectivity index (χ3v) is 6.95. The topological polar surface area (TPSA) is 97.1 Å². The van der Waals surface area contributed by atoms with E-state index < -0.39 is 5.97 Å². The lowest BCUT2D eigenvalue weighted by atomic mass is 10.1. The van der Waals surface area contributed by atoms with Gasteiger partial charge in [0, 0.05) is 52.0 Å². The maximum absolute atomic E-state index is 13.1. The zero-order valence-corrected chi connectivity index (χ0v) is 22.3. The number of aryl methyl sites for hydroxylation is 1. The number of fused-ring (bicyclic) bond motifs is 1. The first kappa shape index (κ1) is 27.3. The number of carbonyl (C=O) groups excluding carboxylic acids is 1. The molecule has 2 aliphatic heterocycles. The summed E-state index contributed by atoms with van der Waals surface area (Å²) in [6, 6.07) is 17.6. The number of carbonyl (C=O) groups is 2. The average molecular weight is 547 g/mol. The number of ether oxygens (including phenoxy) is 2. The Labute approximate surface area is 231 Å². The van der Waals surface area contributed by atoms with E-state index in [0.717, 1.165) is 30.1 Å². The Morgan fingerprint density at radius 1 is 0.950 bits per heavy atom. The molecule has 3 aromatic carbocycles. The summed E-state index contributed by atoms with van der Waals surface area (Å²) in [5.41, 5.74) is 2.31. The molecule has 208 valence electrons. The molecular weight excluding hydrogens is 515 g/mol. The van der Waals surface area contributed by atoms with Gasteiger partial charge in [0.05, 0.1) is 23.1 Å². The van der Waals surface area contributed by atoms with Crippen molar-refractivity contribution in [2.45, 2.75) is 13.0 Å². The number of amides is 1. The molecule has 3 heterocycles. The van der Waals surface area contributed by atoms with Gasteiger partial charge in [-0.25, -0.2) is 14.2 Å². The third-order valence-electron chi connectivity index (χ3n) is 6.95. The molecule has 0 radical (unpaired) electrons. The van der Waals surface area contributed by atoms with Gasteiger partial charge < -0.3 is 24.0 Å². The van der Waals surface area contributed by atoms with Crippen LogP contribution in [0.3, 0.4) is 0 Å². The highest BCUT2D eigenvalue weighted by molar-refractivity contribution is 5.95. The van der Waals surface area contributed by atoms with E-state index in [1.54, 1.807) is 54.6 Å². The molecule has 2 aliphatic rings. The van der Waals surface area contributed by atoms with Crippen molar-refractivity contribution in [2.24, 2.45) is 7.05 Å². The number of halogens is 1. The smallest absolute Gasteiger partial charge is 0.335 e. The van der Waals surface area contributed by atoms with Crippen LogP contribution >= 0.6 is 0 Å². The Bertz CT molecular complexity index is 1490. The molecule has 1 aromatic heterocycles. The quantitative estimate of drug-likeness (QED) is 0.379. The molecule has 1 amide bonds. The van der Waals surface area contributed by atoms with E-state index in [4.69, 9.17) is 9.47 Å². The summed E-state index contributed by atoms with van der Waals surface area (Å²) in [6.45, 7) is 5.16. The van der Waals surface area contributed by atoms with Gasteiger partial charge in [-0.1, -0.05) is 6.07 Å². The second-order valence-corrected chi connectivity index (χ2v) is 9.71. The molecule has 0 saturated carbocycles. The van der Waals surface area contributed by atoms with Crippen molar-refractivity contribution < 1.29 is 28.6 Å². The maximum atomic E-state index is 13.1. The number of aromatic nitrogens is 2. The average Bonchev–Trinajstić information content (AvgIpc) is 3.23. The monoisotopic (exact) mass is 546 g/mol. The lowest BCUT2D eigenvalue weighted by Crippen LogP contribution is -2.48. The summed E-state index contributed by atoms with van der Waals surface area (Å²) in [7, 11) is 1.89. The van der Waals surface area contributed by atoms with Crippen LogP contribution < -0.4 is 4.74 Å². The SMILES string of the molecule is C1COC1.Cn1c(CN2CCN(C(=O)c3cccc(Oc4ccc(F)cc4)c3)CC2)nc2ccc(C(=O)O)cc21. The standard InChI is InChI=1S/C27H25FN4O4.C3H6O/c1-30-24-16-19(27(34)35)5-10-23(24)29-25(30)17-31-11-13-32(14-12-31)26(33)18-3-2-4-22(15-18)36-21-8-6-20(28)7-9-21;1-2-4-3-1/h2-10,15-16H,11-14,17H2,1H3,(H,34,35);1-3H2. The first-order valence-electron chi connectivity index (χ1n) is 13.2. The Balaban J connectivity index is 0.000000741. The lowest BCUT2D eigenvalue weighted by molar-refractivity contribution is 0.0367. The van der Waals surface area contributed by atoms with Crippen LogP contribution in [0.2, 0.25) is 0 Å². The number of aromatic carboxylic acids is 1. The Kier molecular flexibility index (Phi) is 8.37. The summed E-state index contributed by atoms with van der Waals surface area (Å²) in [6.07, 6.45) is 1.28. The van der Waals surface area contributed by atoms with Crippen molar-refractivity contribution in [3.8, 4) is 11.5 Å². The molecule has 1 N–H and O–H groups in total. The van der Waals surface area contributed by atoms with E-state index in [-0.39, 0.29) is 17.3 Å². The van der Waals surface area contributed by atoms with E-state index in [1.165, 1.54) is 18.6 Å². The van der Waals surface area contributed by atoms with Gasteiger partial charge in [0.2, 0.25) is 0 Å². The van der Waals surface area contributed by atoms with Crippen LogP contribution in [0.4, 0.5) is 4.39 Å². The second kappa shape index (κ2) is 12.3. The highest BCUT2D eigenvalue weighted by Crippen LogP contribution is 2.24. The van der Waals surface area contributed by atoms with Crippen molar-refractivity contribution in [1.82, 2.24) is 19.4 Å². The number of piperazine rings is 1. The number of carboxylic acids is 1. The number of benzene rings is 3. The summed E-state index contributed by atoms with van der Waals surface area (Å²) in [4.78, 5) is 33.1. The van der Waals surface area contributed by atoms with E-state index in [1.807, 2.05) is 16.5 Å².